The zero-order valence-corrected chi connectivity index (χ0v) is 17.7. The minimum Gasteiger partial charge on any atom is -0.477 e. The predicted molar refractivity (Wildman–Crippen MR) is 120 cm³/mol. The highest BCUT2D eigenvalue weighted by atomic mass is 16.5. The third-order valence-electron chi connectivity index (χ3n) is 5.68. The summed E-state index contributed by atoms with van der Waals surface area (Å²) in [6.07, 6.45) is 8.11. The molecule has 3 aromatic rings. The fourth-order valence-electron chi connectivity index (χ4n) is 3.73. The molecule has 0 spiro atoms. The molecule has 0 unspecified atom stereocenters. The van der Waals surface area contributed by atoms with Crippen LogP contribution in [0.1, 0.15) is 44.6 Å². The number of nitrogens with one attached hydrogen (secondary N) is 1. The van der Waals surface area contributed by atoms with Gasteiger partial charge in [-0.1, -0.05) is 31.9 Å². The molecular formula is C25H30N4O. The second kappa shape index (κ2) is 9.77. The third kappa shape index (κ3) is 5.01. The number of aromatic nitrogens is 2. The molecule has 0 radical (unpaired) electrons. The third-order valence-corrected chi connectivity index (χ3v) is 5.68. The monoisotopic (exact) mass is 402 g/mol. The van der Waals surface area contributed by atoms with Gasteiger partial charge in [0.25, 0.3) is 0 Å². The fourth-order valence-corrected chi connectivity index (χ4v) is 3.73. The Balaban J connectivity index is 1.59. The van der Waals surface area contributed by atoms with Crippen molar-refractivity contribution in [2.24, 2.45) is 5.92 Å². The van der Waals surface area contributed by atoms with Crippen molar-refractivity contribution in [3.05, 3.63) is 48.2 Å². The molecule has 0 aliphatic heterocycles. The van der Waals surface area contributed by atoms with E-state index in [0.29, 0.717) is 18.1 Å². The SMILES string of the molecule is CCCNCCCn1ccc2nc(OCCC3CC3)c(-c3ccc(C#N)cc3)cc21. The molecule has 2 aromatic heterocycles. The van der Waals surface area contributed by atoms with Crippen LogP contribution in [-0.4, -0.2) is 29.2 Å². The molecule has 0 atom stereocenters. The normalized spacial score (nSPS) is 13.5. The lowest BCUT2D eigenvalue weighted by molar-refractivity contribution is 0.293. The first-order valence-electron chi connectivity index (χ1n) is 11.1. The number of benzene rings is 1. The van der Waals surface area contributed by atoms with E-state index in [1.165, 1.54) is 12.8 Å². The number of rotatable bonds is 11. The first kappa shape index (κ1) is 20.4. The zero-order valence-electron chi connectivity index (χ0n) is 17.7. The second-order valence-corrected chi connectivity index (χ2v) is 8.13. The molecule has 5 heteroatoms. The topological polar surface area (TPSA) is 62.9 Å². The van der Waals surface area contributed by atoms with Crippen LogP contribution in [0.4, 0.5) is 0 Å². The molecule has 4 rings (SSSR count). The lowest BCUT2D eigenvalue weighted by Crippen LogP contribution is -2.17. The van der Waals surface area contributed by atoms with E-state index in [-0.39, 0.29) is 0 Å². The largest absolute Gasteiger partial charge is 0.477 e. The summed E-state index contributed by atoms with van der Waals surface area (Å²) in [6.45, 7) is 5.93. The van der Waals surface area contributed by atoms with Crippen LogP contribution < -0.4 is 10.1 Å². The van der Waals surface area contributed by atoms with Crippen LogP contribution >= 0.6 is 0 Å². The van der Waals surface area contributed by atoms with Crippen LogP contribution in [0.3, 0.4) is 0 Å². The predicted octanol–water partition coefficient (Wildman–Crippen LogP) is 5.14. The summed E-state index contributed by atoms with van der Waals surface area (Å²) in [7, 11) is 0. The van der Waals surface area contributed by atoms with Gasteiger partial charge in [0.2, 0.25) is 5.88 Å². The van der Waals surface area contributed by atoms with E-state index in [1.54, 1.807) is 0 Å². The van der Waals surface area contributed by atoms with Gasteiger partial charge in [-0.3, -0.25) is 0 Å². The minimum absolute atomic E-state index is 0.659. The van der Waals surface area contributed by atoms with Crippen LogP contribution in [0.5, 0.6) is 5.88 Å². The maximum absolute atomic E-state index is 9.12. The van der Waals surface area contributed by atoms with Crippen LogP contribution in [0.2, 0.25) is 0 Å². The van der Waals surface area contributed by atoms with Gasteiger partial charge in [-0.25, -0.2) is 4.98 Å². The van der Waals surface area contributed by atoms with Crippen molar-refractivity contribution in [2.75, 3.05) is 19.7 Å². The molecule has 2 heterocycles. The van der Waals surface area contributed by atoms with Gasteiger partial charge < -0.3 is 14.6 Å². The Labute approximate surface area is 178 Å². The average molecular weight is 403 g/mol. The quantitative estimate of drug-likeness (QED) is 0.451. The minimum atomic E-state index is 0.659. The van der Waals surface area contributed by atoms with Crippen LogP contribution in [0, 0.1) is 17.2 Å². The standard InChI is InChI=1S/C25H30N4O/c1-2-12-27-13-3-14-29-15-10-23-24(29)17-22(21-8-6-20(18-26)7-9-21)25(28-23)30-16-11-19-4-5-19/h6-10,15,17,19,27H,2-5,11-14,16H2,1H3. The van der Waals surface area contributed by atoms with Crippen LogP contribution in [0.25, 0.3) is 22.2 Å². The Morgan fingerprint density at radius 2 is 2.03 bits per heavy atom. The fraction of sp³-hybridized carbons (Fsp3) is 0.440. The van der Waals surface area contributed by atoms with Crippen molar-refractivity contribution in [3.8, 4) is 23.1 Å². The molecule has 0 saturated heterocycles. The molecule has 1 aromatic carbocycles. The molecular weight excluding hydrogens is 372 g/mol. The van der Waals surface area contributed by atoms with Gasteiger partial charge in [0.15, 0.2) is 0 Å². The number of hydrogen-bond acceptors (Lipinski definition) is 4. The first-order valence-corrected chi connectivity index (χ1v) is 11.1. The Morgan fingerprint density at radius 1 is 1.20 bits per heavy atom. The summed E-state index contributed by atoms with van der Waals surface area (Å²) < 4.78 is 8.42. The lowest BCUT2D eigenvalue weighted by atomic mass is 10.0. The van der Waals surface area contributed by atoms with Gasteiger partial charge in [-0.05, 0) is 68.1 Å². The molecule has 1 saturated carbocycles. The molecule has 156 valence electrons. The lowest BCUT2D eigenvalue weighted by Gasteiger charge is -2.13. The van der Waals surface area contributed by atoms with E-state index >= 15 is 0 Å². The Morgan fingerprint density at radius 3 is 2.77 bits per heavy atom. The molecule has 1 aliphatic carbocycles. The Hall–Kier alpha value is -2.84. The molecule has 0 bridgehead atoms. The number of fused-ring (bicyclic) bond motifs is 1. The van der Waals surface area contributed by atoms with E-state index in [4.69, 9.17) is 15.0 Å². The van der Waals surface area contributed by atoms with E-state index in [1.807, 2.05) is 24.3 Å². The highest BCUT2D eigenvalue weighted by Crippen LogP contribution is 2.35. The number of nitriles is 1. The van der Waals surface area contributed by atoms with Gasteiger partial charge >= 0.3 is 0 Å². The number of pyridine rings is 1. The Bertz CT molecular complexity index is 1010. The smallest absolute Gasteiger partial charge is 0.222 e. The highest BCUT2D eigenvalue weighted by molar-refractivity contribution is 5.84. The number of ether oxygens (including phenoxy) is 1. The molecule has 5 nitrogen and oxygen atoms in total. The number of hydrogen-bond donors (Lipinski definition) is 1. The molecule has 1 aliphatic rings. The van der Waals surface area contributed by atoms with E-state index < -0.39 is 0 Å². The van der Waals surface area contributed by atoms with E-state index in [2.05, 4.69) is 41.2 Å². The summed E-state index contributed by atoms with van der Waals surface area (Å²) >= 11 is 0. The average Bonchev–Trinajstić information content (AvgIpc) is 3.52. The van der Waals surface area contributed by atoms with Crippen LogP contribution in [0.15, 0.2) is 42.6 Å². The van der Waals surface area contributed by atoms with Crippen molar-refractivity contribution in [1.29, 1.82) is 5.26 Å². The van der Waals surface area contributed by atoms with Crippen molar-refractivity contribution >= 4 is 11.0 Å². The maximum atomic E-state index is 9.12. The molecule has 1 fully saturated rings. The van der Waals surface area contributed by atoms with Crippen molar-refractivity contribution in [3.63, 3.8) is 0 Å². The summed E-state index contributed by atoms with van der Waals surface area (Å²) in [5.41, 5.74) is 4.77. The van der Waals surface area contributed by atoms with Gasteiger partial charge in [0.1, 0.15) is 0 Å². The zero-order chi connectivity index (χ0) is 20.8. The summed E-state index contributed by atoms with van der Waals surface area (Å²) in [5.74, 6) is 1.52. The summed E-state index contributed by atoms with van der Waals surface area (Å²) in [6, 6.07) is 14.1. The molecule has 30 heavy (non-hydrogen) atoms. The summed E-state index contributed by atoms with van der Waals surface area (Å²) in [4.78, 5) is 4.87. The molecule has 1 N–H and O–H groups in total. The Kier molecular flexibility index (Phi) is 6.66. The van der Waals surface area contributed by atoms with Crippen molar-refractivity contribution in [1.82, 2.24) is 14.9 Å². The van der Waals surface area contributed by atoms with Gasteiger partial charge in [0.05, 0.1) is 29.3 Å². The number of nitrogens with zero attached hydrogens (tertiary/aromatic N) is 3. The van der Waals surface area contributed by atoms with Gasteiger partial charge in [-0.15, -0.1) is 0 Å². The van der Waals surface area contributed by atoms with E-state index in [9.17, 15) is 0 Å². The van der Waals surface area contributed by atoms with Crippen LogP contribution in [-0.2, 0) is 6.54 Å². The van der Waals surface area contributed by atoms with Crippen molar-refractivity contribution in [2.45, 2.75) is 45.6 Å². The maximum Gasteiger partial charge on any atom is 0.222 e. The second-order valence-electron chi connectivity index (χ2n) is 8.13. The first-order chi connectivity index (χ1) is 14.8. The van der Waals surface area contributed by atoms with Gasteiger partial charge in [-0.2, -0.15) is 5.26 Å². The van der Waals surface area contributed by atoms with Gasteiger partial charge in [0, 0.05) is 18.3 Å². The highest BCUT2D eigenvalue weighted by Gasteiger charge is 2.21. The van der Waals surface area contributed by atoms with Crippen molar-refractivity contribution < 1.29 is 4.74 Å². The summed E-state index contributed by atoms with van der Waals surface area (Å²) in [5, 5.41) is 12.6. The van der Waals surface area contributed by atoms with E-state index in [0.717, 1.165) is 67.0 Å². The number of aryl methyl sites for hydroxylation is 1. The molecule has 0 amide bonds.